The van der Waals surface area contributed by atoms with E-state index in [0.717, 1.165) is 38.0 Å². The zero-order valence-electron chi connectivity index (χ0n) is 11.9. The minimum atomic E-state index is 0.0656. The third kappa shape index (κ3) is 5.21. The van der Waals surface area contributed by atoms with Crippen molar-refractivity contribution in [1.82, 2.24) is 5.32 Å². The van der Waals surface area contributed by atoms with Crippen molar-refractivity contribution in [1.29, 1.82) is 0 Å². The number of hydrogen-bond acceptors (Lipinski definition) is 3. The SMILES string of the molecule is NC1CCC(CNC(=O)CCOc2ccccc2)CC1. The van der Waals surface area contributed by atoms with Crippen LogP contribution in [0, 0.1) is 5.92 Å². The number of amides is 1. The number of carbonyl (C=O) groups excluding carboxylic acids is 1. The smallest absolute Gasteiger partial charge is 0.223 e. The van der Waals surface area contributed by atoms with Crippen molar-refractivity contribution in [3.63, 3.8) is 0 Å². The summed E-state index contributed by atoms with van der Waals surface area (Å²) in [4.78, 5) is 11.7. The summed E-state index contributed by atoms with van der Waals surface area (Å²) in [5.41, 5.74) is 5.87. The van der Waals surface area contributed by atoms with Crippen LogP contribution >= 0.6 is 0 Å². The van der Waals surface area contributed by atoms with Crippen LogP contribution in [0.2, 0.25) is 0 Å². The number of ether oxygens (including phenoxy) is 1. The minimum absolute atomic E-state index is 0.0656. The van der Waals surface area contributed by atoms with E-state index in [-0.39, 0.29) is 5.91 Å². The summed E-state index contributed by atoms with van der Waals surface area (Å²) in [5.74, 6) is 1.46. The Bertz CT molecular complexity index is 400. The third-order valence-electron chi connectivity index (χ3n) is 3.82. The van der Waals surface area contributed by atoms with Crippen molar-refractivity contribution in [3.05, 3.63) is 30.3 Å². The zero-order valence-corrected chi connectivity index (χ0v) is 11.9. The molecule has 20 heavy (non-hydrogen) atoms. The van der Waals surface area contributed by atoms with E-state index >= 15 is 0 Å². The molecule has 0 unspecified atom stereocenters. The van der Waals surface area contributed by atoms with E-state index in [1.165, 1.54) is 0 Å². The van der Waals surface area contributed by atoms with E-state index in [9.17, 15) is 4.79 Å². The molecule has 3 N–H and O–H groups in total. The molecule has 1 aromatic rings. The highest BCUT2D eigenvalue weighted by atomic mass is 16.5. The maximum Gasteiger partial charge on any atom is 0.223 e. The number of rotatable bonds is 6. The van der Waals surface area contributed by atoms with Gasteiger partial charge in [0.15, 0.2) is 0 Å². The van der Waals surface area contributed by atoms with Crippen LogP contribution in [-0.2, 0) is 4.79 Å². The summed E-state index contributed by atoms with van der Waals surface area (Å²) in [6, 6.07) is 9.93. The van der Waals surface area contributed by atoms with Gasteiger partial charge < -0.3 is 15.8 Å². The van der Waals surface area contributed by atoms with E-state index in [4.69, 9.17) is 10.5 Å². The lowest BCUT2D eigenvalue weighted by atomic mass is 9.86. The third-order valence-corrected chi connectivity index (χ3v) is 3.82. The fourth-order valence-corrected chi connectivity index (χ4v) is 2.52. The average Bonchev–Trinajstić information content (AvgIpc) is 2.48. The van der Waals surface area contributed by atoms with Gasteiger partial charge in [-0.05, 0) is 43.7 Å². The van der Waals surface area contributed by atoms with Crippen LogP contribution in [0.4, 0.5) is 0 Å². The molecule has 2 rings (SSSR count). The number of hydrogen-bond donors (Lipinski definition) is 2. The summed E-state index contributed by atoms with van der Waals surface area (Å²) in [6.07, 6.45) is 4.82. The molecule has 1 aliphatic carbocycles. The normalized spacial score (nSPS) is 22.2. The van der Waals surface area contributed by atoms with Gasteiger partial charge in [-0.25, -0.2) is 0 Å². The van der Waals surface area contributed by atoms with Crippen LogP contribution in [0.25, 0.3) is 0 Å². The second kappa shape index (κ2) is 7.90. The minimum Gasteiger partial charge on any atom is -0.493 e. The molecule has 1 aliphatic rings. The van der Waals surface area contributed by atoms with Crippen LogP contribution in [0.3, 0.4) is 0 Å². The number of carbonyl (C=O) groups is 1. The van der Waals surface area contributed by atoms with Gasteiger partial charge in [-0.15, -0.1) is 0 Å². The predicted molar refractivity (Wildman–Crippen MR) is 79.5 cm³/mol. The van der Waals surface area contributed by atoms with Crippen molar-refractivity contribution < 1.29 is 9.53 Å². The molecule has 0 spiro atoms. The lowest BCUT2D eigenvalue weighted by Gasteiger charge is -2.26. The fourth-order valence-electron chi connectivity index (χ4n) is 2.52. The van der Waals surface area contributed by atoms with Gasteiger partial charge in [0.1, 0.15) is 5.75 Å². The van der Waals surface area contributed by atoms with Gasteiger partial charge >= 0.3 is 0 Å². The van der Waals surface area contributed by atoms with Crippen LogP contribution in [0.5, 0.6) is 5.75 Å². The first-order valence-electron chi connectivity index (χ1n) is 7.44. The van der Waals surface area contributed by atoms with Crippen LogP contribution in [0.1, 0.15) is 32.1 Å². The van der Waals surface area contributed by atoms with E-state index in [2.05, 4.69) is 5.32 Å². The second-order valence-corrected chi connectivity index (χ2v) is 5.50. The fraction of sp³-hybridized carbons (Fsp3) is 0.562. The van der Waals surface area contributed by atoms with Crippen LogP contribution in [-0.4, -0.2) is 25.1 Å². The number of para-hydroxylation sites is 1. The monoisotopic (exact) mass is 276 g/mol. The van der Waals surface area contributed by atoms with Gasteiger partial charge in [-0.1, -0.05) is 18.2 Å². The number of benzene rings is 1. The predicted octanol–water partition coefficient (Wildman–Crippen LogP) is 2.09. The molecule has 4 heteroatoms. The first kappa shape index (κ1) is 14.9. The molecule has 1 aromatic carbocycles. The molecule has 110 valence electrons. The second-order valence-electron chi connectivity index (χ2n) is 5.50. The lowest BCUT2D eigenvalue weighted by molar-refractivity contribution is -0.121. The molecule has 0 saturated heterocycles. The maximum absolute atomic E-state index is 11.7. The summed E-state index contributed by atoms with van der Waals surface area (Å²) in [5, 5.41) is 2.99. The van der Waals surface area contributed by atoms with Crippen molar-refractivity contribution in [2.24, 2.45) is 11.7 Å². The summed E-state index contributed by atoms with van der Waals surface area (Å²) < 4.78 is 5.51. The van der Waals surface area contributed by atoms with Crippen molar-refractivity contribution in [3.8, 4) is 5.75 Å². The average molecular weight is 276 g/mol. The van der Waals surface area contributed by atoms with E-state index < -0.39 is 0 Å². The summed E-state index contributed by atoms with van der Waals surface area (Å²) in [6.45, 7) is 1.20. The Hall–Kier alpha value is -1.55. The molecule has 1 saturated carbocycles. The Balaban J connectivity index is 1.56. The van der Waals surface area contributed by atoms with Crippen molar-refractivity contribution >= 4 is 5.91 Å². The molecule has 4 nitrogen and oxygen atoms in total. The van der Waals surface area contributed by atoms with Crippen LogP contribution < -0.4 is 15.8 Å². The van der Waals surface area contributed by atoms with Gasteiger partial charge in [0.2, 0.25) is 5.91 Å². The molecule has 1 amide bonds. The highest BCUT2D eigenvalue weighted by Crippen LogP contribution is 2.22. The maximum atomic E-state index is 11.7. The molecule has 0 aromatic heterocycles. The lowest BCUT2D eigenvalue weighted by Crippen LogP contribution is -2.34. The van der Waals surface area contributed by atoms with Gasteiger partial charge in [0.25, 0.3) is 0 Å². The van der Waals surface area contributed by atoms with E-state index in [1.54, 1.807) is 0 Å². The first-order chi connectivity index (χ1) is 9.74. The van der Waals surface area contributed by atoms with E-state index in [0.29, 0.717) is 25.0 Å². The Kier molecular flexibility index (Phi) is 5.87. The van der Waals surface area contributed by atoms with Gasteiger partial charge in [-0.3, -0.25) is 4.79 Å². The number of nitrogens with one attached hydrogen (secondary N) is 1. The Morgan fingerprint density at radius 1 is 1.20 bits per heavy atom. The highest BCUT2D eigenvalue weighted by molar-refractivity contribution is 5.75. The zero-order chi connectivity index (χ0) is 14.2. The molecule has 0 bridgehead atoms. The molecular formula is C16H24N2O2. The quantitative estimate of drug-likeness (QED) is 0.836. The largest absolute Gasteiger partial charge is 0.493 e. The topological polar surface area (TPSA) is 64.3 Å². The standard InChI is InChI=1S/C16H24N2O2/c17-14-8-6-13(7-9-14)12-18-16(19)10-11-20-15-4-2-1-3-5-15/h1-5,13-14H,6-12,17H2,(H,18,19). The molecule has 1 fully saturated rings. The van der Waals surface area contributed by atoms with Crippen LogP contribution in [0.15, 0.2) is 30.3 Å². The van der Waals surface area contributed by atoms with Crippen molar-refractivity contribution in [2.45, 2.75) is 38.1 Å². The molecule has 0 radical (unpaired) electrons. The van der Waals surface area contributed by atoms with Gasteiger partial charge in [0.05, 0.1) is 13.0 Å². The molecular weight excluding hydrogens is 252 g/mol. The van der Waals surface area contributed by atoms with Crippen molar-refractivity contribution in [2.75, 3.05) is 13.2 Å². The Morgan fingerprint density at radius 3 is 2.60 bits per heavy atom. The summed E-state index contributed by atoms with van der Waals surface area (Å²) in [7, 11) is 0. The molecule has 0 heterocycles. The van der Waals surface area contributed by atoms with E-state index in [1.807, 2.05) is 30.3 Å². The van der Waals surface area contributed by atoms with Gasteiger partial charge in [-0.2, -0.15) is 0 Å². The molecule has 0 aliphatic heterocycles. The van der Waals surface area contributed by atoms with Gasteiger partial charge in [0, 0.05) is 12.6 Å². The molecule has 0 atom stereocenters. The highest BCUT2D eigenvalue weighted by Gasteiger charge is 2.18. The number of nitrogens with two attached hydrogens (primary N) is 1. The first-order valence-corrected chi connectivity index (χ1v) is 7.44. The summed E-state index contributed by atoms with van der Waals surface area (Å²) >= 11 is 0. The Morgan fingerprint density at radius 2 is 1.90 bits per heavy atom. The Labute approximate surface area is 120 Å².